The van der Waals surface area contributed by atoms with E-state index < -0.39 is 5.82 Å². The van der Waals surface area contributed by atoms with E-state index in [4.69, 9.17) is 9.47 Å². The van der Waals surface area contributed by atoms with Gasteiger partial charge in [0.25, 0.3) is 0 Å². The Morgan fingerprint density at radius 3 is 2.69 bits per heavy atom. The number of hydrogen-bond donors (Lipinski definition) is 1. The number of phenolic OH excluding ortho intramolecular Hbond substituents is 1. The van der Waals surface area contributed by atoms with Crippen LogP contribution in [-0.2, 0) is 11.2 Å². The van der Waals surface area contributed by atoms with Crippen LogP contribution in [0, 0.1) is 22.5 Å². The average molecular weight is 575 g/mol. The fourth-order valence-electron chi connectivity index (χ4n) is 7.68. The molecular weight excluding hydrogens is 538 g/mol. The van der Waals surface area contributed by atoms with Gasteiger partial charge in [0, 0.05) is 46.8 Å². The van der Waals surface area contributed by atoms with Gasteiger partial charge in [0.15, 0.2) is 5.82 Å². The van der Waals surface area contributed by atoms with Crippen molar-refractivity contribution in [3.05, 3.63) is 53.9 Å². The van der Waals surface area contributed by atoms with Gasteiger partial charge in [-0.25, -0.2) is 13.8 Å². The molecule has 0 unspecified atom stereocenters. The van der Waals surface area contributed by atoms with Gasteiger partial charge >= 0.3 is 6.01 Å². The molecular formula is C33H36F2N4O3. The molecule has 220 valence electrons. The van der Waals surface area contributed by atoms with Gasteiger partial charge in [-0.05, 0) is 73.2 Å². The van der Waals surface area contributed by atoms with Gasteiger partial charge in [-0.2, -0.15) is 4.98 Å². The summed E-state index contributed by atoms with van der Waals surface area (Å²) < 4.78 is 42.7. The van der Waals surface area contributed by atoms with E-state index in [1.807, 2.05) is 6.92 Å². The van der Waals surface area contributed by atoms with Crippen LogP contribution in [0.1, 0.15) is 51.5 Å². The third-order valence-electron chi connectivity index (χ3n) is 9.70. The number of aromatic hydroxyl groups is 1. The van der Waals surface area contributed by atoms with E-state index in [-0.39, 0.29) is 39.6 Å². The summed E-state index contributed by atoms with van der Waals surface area (Å²) in [5, 5.41) is 12.0. The lowest BCUT2D eigenvalue weighted by atomic mass is 9.74. The largest absolute Gasteiger partial charge is 0.508 e. The second-order valence-electron chi connectivity index (χ2n) is 12.8. The molecule has 2 aromatic heterocycles. The summed E-state index contributed by atoms with van der Waals surface area (Å²) in [5.41, 5.74) is 1.10. The van der Waals surface area contributed by atoms with E-state index in [1.54, 1.807) is 12.1 Å². The van der Waals surface area contributed by atoms with E-state index in [2.05, 4.69) is 26.8 Å². The number of aromatic nitrogens is 3. The molecule has 0 bridgehead atoms. The maximum Gasteiger partial charge on any atom is 0.317 e. The highest BCUT2D eigenvalue weighted by Gasteiger charge is 2.50. The van der Waals surface area contributed by atoms with Crippen LogP contribution in [0.3, 0.4) is 0 Å². The molecule has 1 saturated carbocycles. The number of nitrogens with zero attached hydrogens (tertiary/aromatic N) is 4. The second-order valence-corrected chi connectivity index (χ2v) is 12.8. The molecule has 2 aliphatic heterocycles. The van der Waals surface area contributed by atoms with Gasteiger partial charge in [-0.3, -0.25) is 9.88 Å². The summed E-state index contributed by atoms with van der Waals surface area (Å²) in [6, 6.07) is 6.52. The first-order valence-electron chi connectivity index (χ1n) is 15.0. The van der Waals surface area contributed by atoms with Crippen LogP contribution >= 0.6 is 0 Å². The molecule has 3 aliphatic rings. The van der Waals surface area contributed by atoms with Crippen LogP contribution in [0.25, 0.3) is 32.9 Å². The van der Waals surface area contributed by atoms with Crippen LogP contribution in [0.4, 0.5) is 8.78 Å². The first kappa shape index (κ1) is 27.4. The summed E-state index contributed by atoms with van der Waals surface area (Å²) in [5.74, 6) is -1.09. The minimum Gasteiger partial charge on any atom is -0.508 e. The molecule has 0 radical (unpaired) electrons. The molecule has 1 N–H and O–H groups in total. The summed E-state index contributed by atoms with van der Waals surface area (Å²) in [7, 11) is 0. The first-order valence-corrected chi connectivity index (χ1v) is 15.0. The lowest BCUT2D eigenvalue weighted by molar-refractivity contribution is -0.130. The maximum atomic E-state index is 16.2. The molecule has 2 aromatic carbocycles. The smallest absolute Gasteiger partial charge is 0.317 e. The highest BCUT2D eigenvalue weighted by atomic mass is 19.1. The quantitative estimate of drug-likeness (QED) is 0.272. The normalized spacial score (nSPS) is 23.7. The molecule has 3 fully saturated rings. The van der Waals surface area contributed by atoms with Gasteiger partial charge in [0.1, 0.15) is 22.8 Å². The van der Waals surface area contributed by atoms with Crippen molar-refractivity contribution in [3.8, 4) is 23.0 Å². The number of ether oxygens (including phenoxy) is 2. The van der Waals surface area contributed by atoms with Crippen molar-refractivity contribution in [3.63, 3.8) is 0 Å². The number of phenols is 1. The summed E-state index contributed by atoms with van der Waals surface area (Å²) in [6.45, 7) is 8.42. The minimum absolute atomic E-state index is 0.000748. The Bertz CT molecular complexity index is 1680. The fraction of sp³-hybridized carbons (Fsp3) is 0.485. The van der Waals surface area contributed by atoms with Crippen molar-refractivity contribution in [2.75, 3.05) is 32.9 Å². The molecule has 4 heterocycles. The first-order chi connectivity index (χ1) is 20.3. The van der Waals surface area contributed by atoms with E-state index in [0.717, 1.165) is 58.4 Å². The summed E-state index contributed by atoms with van der Waals surface area (Å²) in [6.07, 6.45) is 9.08. The molecule has 7 nitrogen and oxygen atoms in total. The SMILES string of the molecule is CCc1c(F)ccc2cc(O)cc(-c3ncc4cnc(OC[C@]56CCC[C@H]5N(CC5(C)COC5)CCC6)nc4c3F)c12. The minimum atomic E-state index is -0.658. The fourth-order valence-corrected chi connectivity index (χ4v) is 7.68. The van der Waals surface area contributed by atoms with Crippen LogP contribution in [0.15, 0.2) is 36.7 Å². The third-order valence-corrected chi connectivity index (χ3v) is 9.70. The predicted molar refractivity (Wildman–Crippen MR) is 157 cm³/mol. The lowest BCUT2D eigenvalue weighted by Gasteiger charge is -2.50. The Morgan fingerprint density at radius 2 is 1.90 bits per heavy atom. The Kier molecular flexibility index (Phi) is 6.77. The molecule has 2 saturated heterocycles. The monoisotopic (exact) mass is 574 g/mol. The van der Waals surface area contributed by atoms with Gasteiger partial charge in [-0.15, -0.1) is 0 Å². The summed E-state index contributed by atoms with van der Waals surface area (Å²) >= 11 is 0. The molecule has 0 spiro atoms. The van der Waals surface area contributed by atoms with Crippen molar-refractivity contribution in [1.29, 1.82) is 0 Å². The molecule has 1 aliphatic carbocycles. The molecule has 7 rings (SSSR count). The summed E-state index contributed by atoms with van der Waals surface area (Å²) in [4.78, 5) is 15.9. The number of rotatable bonds is 7. The van der Waals surface area contributed by atoms with Gasteiger partial charge in [0.2, 0.25) is 0 Å². The van der Waals surface area contributed by atoms with Crippen molar-refractivity contribution in [2.24, 2.45) is 10.8 Å². The van der Waals surface area contributed by atoms with E-state index in [1.165, 1.54) is 24.5 Å². The molecule has 0 amide bonds. The standard InChI is InChI=1S/C33H36F2N4O3/c1-3-23-25(34)8-7-20-12-22(40)13-24(27(20)23)30-28(35)29-21(14-36-30)15-37-31(38-29)42-19-33-9-4-6-26(33)39(11-5-10-33)16-32(2)17-41-18-32/h7-8,12-15,26,40H,3-6,9-11,16-19H2,1-2H3/t26-,33-/m1/s1. The third kappa shape index (κ3) is 4.57. The number of benzene rings is 2. The highest BCUT2D eigenvalue weighted by Crippen LogP contribution is 2.49. The van der Waals surface area contributed by atoms with Crippen molar-refractivity contribution < 1.29 is 23.4 Å². The topological polar surface area (TPSA) is 80.6 Å². The van der Waals surface area contributed by atoms with Crippen LogP contribution < -0.4 is 4.74 Å². The van der Waals surface area contributed by atoms with Crippen LogP contribution in [0.5, 0.6) is 11.8 Å². The molecule has 2 atom stereocenters. The zero-order chi connectivity index (χ0) is 29.1. The van der Waals surface area contributed by atoms with E-state index in [9.17, 15) is 9.50 Å². The zero-order valence-electron chi connectivity index (χ0n) is 24.1. The Balaban J connectivity index is 1.20. The number of hydrogen-bond acceptors (Lipinski definition) is 7. The second kappa shape index (κ2) is 10.4. The van der Waals surface area contributed by atoms with Crippen LogP contribution in [-0.4, -0.2) is 63.9 Å². The number of piperidine rings is 1. The predicted octanol–water partition coefficient (Wildman–Crippen LogP) is 6.44. The molecule has 9 heteroatoms. The maximum absolute atomic E-state index is 16.2. The Hall–Kier alpha value is -3.43. The number of pyridine rings is 1. The van der Waals surface area contributed by atoms with E-state index >= 15 is 4.39 Å². The van der Waals surface area contributed by atoms with Crippen molar-refractivity contribution >= 4 is 21.7 Å². The zero-order valence-corrected chi connectivity index (χ0v) is 24.1. The van der Waals surface area contributed by atoms with Crippen molar-refractivity contribution in [1.82, 2.24) is 19.9 Å². The van der Waals surface area contributed by atoms with Crippen molar-refractivity contribution in [2.45, 2.75) is 58.4 Å². The number of halogens is 2. The average Bonchev–Trinajstić information content (AvgIpc) is 3.41. The lowest BCUT2D eigenvalue weighted by Crippen LogP contribution is -2.57. The van der Waals surface area contributed by atoms with Crippen LogP contribution in [0.2, 0.25) is 0 Å². The van der Waals surface area contributed by atoms with Gasteiger partial charge in [-0.1, -0.05) is 26.3 Å². The van der Waals surface area contributed by atoms with Gasteiger partial charge < -0.3 is 14.6 Å². The van der Waals surface area contributed by atoms with E-state index in [0.29, 0.717) is 46.4 Å². The Morgan fingerprint density at radius 1 is 1.10 bits per heavy atom. The highest BCUT2D eigenvalue weighted by molar-refractivity contribution is 6.00. The molecule has 42 heavy (non-hydrogen) atoms. The number of fused-ring (bicyclic) bond motifs is 3. The number of likely N-dealkylation sites (tertiary alicyclic amines) is 1. The molecule has 4 aromatic rings. The Labute approximate surface area is 243 Å². The van der Waals surface area contributed by atoms with Gasteiger partial charge in [0.05, 0.1) is 19.8 Å². The number of aryl methyl sites for hydroxylation is 1.